The molecule has 1 rings (SSSR count). The van der Waals surface area contributed by atoms with Crippen LogP contribution in [0, 0.1) is 0 Å². The molecule has 1 aromatic rings. The lowest BCUT2D eigenvalue weighted by atomic mass is 10.1. The van der Waals surface area contributed by atoms with Crippen LogP contribution in [0.1, 0.15) is 30.6 Å². The molecule has 0 unspecified atom stereocenters. The van der Waals surface area contributed by atoms with E-state index in [1.165, 1.54) is 6.92 Å². The van der Waals surface area contributed by atoms with E-state index in [9.17, 15) is 9.59 Å². The Hall–Kier alpha value is -1.72. The first kappa shape index (κ1) is 16.3. The van der Waals surface area contributed by atoms with E-state index in [0.717, 1.165) is 6.54 Å². The van der Waals surface area contributed by atoms with Crippen LogP contribution in [0.5, 0.6) is 0 Å². The molecule has 0 aliphatic carbocycles. The first-order valence-electron chi connectivity index (χ1n) is 6.81. The van der Waals surface area contributed by atoms with Gasteiger partial charge in [-0.15, -0.1) is 0 Å². The van der Waals surface area contributed by atoms with Crippen LogP contribution in [0.3, 0.4) is 0 Å². The minimum absolute atomic E-state index is 0.0754. The Morgan fingerprint density at radius 1 is 1.30 bits per heavy atom. The fourth-order valence-electron chi connectivity index (χ4n) is 1.94. The van der Waals surface area contributed by atoms with Gasteiger partial charge in [0.05, 0.1) is 12.2 Å². The number of ketones is 1. The van der Waals surface area contributed by atoms with E-state index in [4.69, 9.17) is 5.11 Å². The first-order chi connectivity index (χ1) is 9.58. The molecule has 1 aromatic carbocycles. The van der Waals surface area contributed by atoms with Crippen LogP contribution < -0.4 is 5.32 Å². The van der Waals surface area contributed by atoms with Gasteiger partial charge in [-0.1, -0.05) is 19.1 Å². The van der Waals surface area contributed by atoms with Crippen LogP contribution >= 0.6 is 0 Å². The molecule has 0 fully saturated rings. The second kappa shape index (κ2) is 8.45. The third-order valence-corrected chi connectivity index (χ3v) is 3.03. The van der Waals surface area contributed by atoms with Gasteiger partial charge in [-0.3, -0.25) is 14.5 Å². The van der Waals surface area contributed by atoms with Crippen molar-refractivity contribution in [2.75, 3.05) is 31.6 Å². The molecule has 0 atom stereocenters. The summed E-state index contributed by atoms with van der Waals surface area (Å²) in [4.78, 5) is 25.4. The average molecular weight is 278 g/mol. The summed E-state index contributed by atoms with van der Waals surface area (Å²) in [5.74, 6) is -0.230. The molecule has 0 saturated carbocycles. The molecule has 0 aliphatic rings. The first-order valence-corrected chi connectivity index (χ1v) is 6.81. The Morgan fingerprint density at radius 2 is 2.00 bits per heavy atom. The summed E-state index contributed by atoms with van der Waals surface area (Å²) in [6.45, 7) is 5.23. The summed E-state index contributed by atoms with van der Waals surface area (Å²) < 4.78 is 0. The molecule has 0 aromatic heterocycles. The van der Waals surface area contributed by atoms with Crippen LogP contribution in [0.15, 0.2) is 24.3 Å². The zero-order valence-corrected chi connectivity index (χ0v) is 12.1. The Morgan fingerprint density at radius 3 is 2.60 bits per heavy atom. The number of hydrogen-bond acceptors (Lipinski definition) is 4. The molecule has 20 heavy (non-hydrogen) atoms. The molecule has 110 valence electrons. The number of hydrogen-bond donors (Lipinski definition) is 2. The number of anilines is 1. The summed E-state index contributed by atoms with van der Waals surface area (Å²) in [5.41, 5.74) is 1.06. The van der Waals surface area contributed by atoms with Crippen molar-refractivity contribution in [3.8, 4) is 0 Å². The molecular weight excluding hydrogens is 256 g/mol. The van der Waals surface area contributed by atoms with Gasteiger partial charge in [-0.25, -0.2) is 0 Å². The Labute approximate surface area is 119 Å². The predicted octanol–water partition coefficient (Wildman–Crippen LogP) is 1.53. The quantitative estimate of drug-likeness (QED) is 0.708. The number of nitrogens with one attached hydrogen (secondary N) is 1. The van der Waals surface area contributed by atoms with Gasteiger partial charge in [0.15, 0.2) is 5.78 Å². The molecule has 0 saturated heterocycles. The number of para-hydroxylation sites is 1. The summed E-state index contributed by atoms with van der Waals surface area (Å²) >= 11 is 0. The highest BCUT2D eigenvalue weighted by atomic mass is 16.3. The van der Waals surface area contributed by atoms with Crippen molar-refractivity contribution in [3.63, 3.8) is 0 Å². The number of aliphatic hydroxyl groups excluding tert-OH is 1. The number of benzene rings is 1. The Bertz CT molecular complexity index is 460. The predicted molar refractivity (Wildman–Crippen MR) is 78.9 cm³/mol. The van der Waals surface area contributed by atoms with E-state index in [-0.39, 0.29) is 24.8 Å². The van der Waals surface area contributed by atoms with Crippen LogP contribution in [-0.4, -0.2) is 47.9 Å². The van der Waals surface area contributed by atoms with Crippen molar-refractivity contribution >= 4 is 17.4 Å². The molecule has 5 nitrogen and oxygen atoms in total. The number of likely N-dealkylation sites (N-methyl/N-ethyl adjacent to an activating group) is 1. The van der Waals surface area contributed by atoms with Crippen molar-refractivity contribution in [2.45, 2.75) is 20.3 Å². The maximum absolute atomic E-state index is 12.0. The van der Waals surface area contributed by atoms with Crippen molar-refractivity contribution in [1.29, 1.82) is 0 Å². The van der Waals surface area contributed by atoms with E-state index < -0.39 is 0 Å². The third-order valence-electron chi connectivity index (χ3n) is 3.03. The van der Waals surface area contributed by atoms with Gasteiger partial charge >= 0.3 is 0 Å². The second-order valence-electron chi connectivity index (χ2n) is 4.60. The molecule has 0 heterocycles. The number of nitrogens with zero attached hydrogens (tertiary/aromatic N) is 1. The van der Waals surface area contributed by atoms with Gasteiger partial charge in [-0.2, -0.15) is 0 Å². The molecule has 2 N–H and O–H groups in total. The van der Waals surface area contributed by atoms with E-state index in [0.29, 0.717) is 24.2 Å². The summed E-state index contributed by atoms with van der Waals surface area (Å²) in [6.07, 6.45) is 0.644. The van der Waals surface area contributed by atoms with Crippen molar-refractivity contribution in [2.24, 2.45) is 0 Å². The molecule has 0 aliphatic heterocycles. The van der Waals surface area contributed by atoms with E-state index in [1.54, 1.807) is 24.3 Å². The molecule has 1 amide bonds. The minimum atomic E-state index is -0.154. The van der Waals surface area contributed by atoms with Gasteiger partial charge < -0.3 is 10.4 Å². The zero-order valence-electron chi connectivity index (χ0n) is 12.1. The number of aliphatic hydroxyl groups is 1. The highest BCUT2D eigenvalue weighted by molar-refractivity contribution is 6.04. The van der Waals surface area contributed by atoms with E-state index >= 15 is 0 Å². The smallest absolute Gasteiger partial charge is 0.238 e. The van der Waals surface area contributed by atoms with Crippen molar-refractivity contribution in [3.05, 3.63) is 29.8 Å². The standard InChI is InChI=1S/C15H22N2O3/c1-3-17(9-6-10-18)11-15(20)16-14-8-5-4-7-13(14)12(2)19/h4-5,7-8,18H,3,6,9-11H2,1-2H3,(H,16,20). The third kappa shape index (κ3) is 5.11. The van der Waals surface area contributed by atoms with Crippen LogP contribution in [0.4, 0.5) is 5.69 Å². The molecule has 0 spiro atoms. The highest BCUT2D eigenvalue weighted by Crippen LogP contribution is 2.15. The SMILES string of the molecule is CCN(CCCO)CC(=O)Nc1ccccc1C(C)=O. The topological polar surface area (TPSA) is 69.6 Å². The molecule has 5 heteroatoms. The Balaban J connectivity index is 2.64. The van der Waals surface area contributed by atoms with Crippen LogP contribution in [0.2, 0.25) is 0 Å². The largest absolute Gasteiger partial charge is 0.396 e. The highest BCUT2D eigenvalue weighted by Gasteiger charge is 2.12. The number of Topliss-reactive ketones (excluding diaryl/α,β-unsaturated/α-hetero) is 1. The van der Waals surface area contributed by atoms with Crippen LogP contribution in [-0.2, 0) is 4.79 Å². The fourth-order valence-corrected chi connectivity index (χ4v) is 1.94. The number of rotatable bonds is 8. The maximum atomic E-state index is 12.0. The number of carbonyl (C=O) groups excluding carboxylic acids is 2. The summed E-state index contributed by atoms with van der Waals surface area (Å²) in [5, 5.41) is 11.6. The fraction of sp³-hybridized carbons (Fsp3) is 0.467. The summed E-state index contributed by atoms with van der Waals surface area (Å²) in [6, 6.07) is 6.97. The monoisotopic (exact) mass is 278 g/mol. The van der Waals surface area contributed by atoms with Gasteiger partial charge in [-0.05, 0) is 32.0 Å². The zero-order chi connectivity index (χ0) is 15.0. The lowest BCUT2D eigenvalue weighted by Crippen LogP contribution is -2.34. The molecule has 0 radical (unpaired) electrons. The summed E-state index contributed by atoms with van der Waals surface area (Å²) in [7, 11) is 0. The normalized spacial score (nSPS) is 10.6. The Kier molecular flexibility index (Phi) is 6.90. The lowest BCUT2D eigenvalue weighted by Gasteiger charge is -2.19. The van der Waals surface area contributed by atoms with Crippen molar-refractivity contribution in [1.82, 2.24) is 4.90 Å². The molecule has 0 bridgehead atoms. The van der Waals surface area contributed by atoms with Crippen LogP contribution in [0.25, 0.3) is 0 Å². The number of amides is 1. The van der Waals surface area contributed by atoms with E-state index in [1.807, 2.05) is 11.8 Å². The van der Waals surface area contributed by atoms with Gasteiger partial charge in [0, 0.05) is 18.7 Å². The lowest BCUT2D eigenvalue weighted by molar-refractivity contribution is -0.117. The van der Waals surface area contributed by atoms with Crippen molar-refractivity contribution < 1.29 is 14.7 Å². The molecular formula is C15H22N2O3. The average Bonchev–Trinajstić information content (AvgIpc) is 2.43. The van der Waals surface area contributed by atoms with E-state index in [2.05, 4.69) is 5.32 Å². The van der Waals surface area contributed by atoms with Gasteiger partial charge in [0.25, 0.3) is 0 Å². The minimum Gasteiger partial charge on any atom is -0.396 e. The second-order valence-corrected chi connectivity index (χ2v) is 4.60. The number of carbonyl (C=O) groups is 2. The van der Waals surface area contributed by atoms with Gasteiger partial charge in [0.2, 0.25) is 5.91 Å². The maximum Gasteiger partial charge on any atom is 0.238 e. The van der Waals surface area contributed by atoms with Gasteiger partial charge in [0.1, 0.15) is 0 Å².